The molecular weight excluding hydrogens is 312 g/mol. The highest BCUT2D eigenvalue weighted by Gasteiger charge is 2.25. The summed E-state index contributed by atoms with van der Waals surface area (Å²) >= 11 is 10.9. The molecule has 3 N–H and O–H groups in total. The van der Waals surface area contributed by atoms with Crippen molar-refractivity contribution in [3.8, 4) is 0 Å². The van der Waals surface area contributed by atoms with Crippen LogP contribution in [0.4, 0.5) is 0 Å². The molecule has 1 fully saturated rings. The van der Waals surface area contributed by atoms with E-state index < -0.39 is 5.91 Å². The summed E-state index contributed by atoms with van der Waals surface area (Å²) in [5.41, 5.74) is 3.60. The molecule has 2 heterocycles. The Morgan fingerprint density at radius 1 is 1.38 bits per heavy atom. The topological polar surface area (TPSA) is 77.2 Å². The lowest BCUT2D eigenvalue weighted by Crippen LogP contribution is -2.57. The van der Waals surface area contributed by atoms with Gasteiger partial charge in [0.2, 0.25) is 5.91 Å². The van der Waals surface area contributed by atoms with Gasteiger partial charge in [-0.2, -0.15) is 5.01 Å². The molecule has 3 rings (SSSR count). The van der Waals surface area contributed by atoms with Crippen LogP contribution in [0, 0.1) is 0 Å². The first-order valence-corrected chi connectivity index (χ1v) is 7.03. The molecule has 6 nitrogen and oxygen atoms in total. The third-order valence-corrected chi connectivity index (χ3v) is 3.67. The van der Waals surface area contributed by atoms with Crippen LogP contribution in [-0.4, -0.2) is 33.5 Å². The molecule has 108 valence electrons. The molecule has 0 aliphatic carbocycles. The number of halogens is 1. The van der Waals surface area contributed by atoms with Gasteiger partial charge in [-0.1, -0.05) is 11.6 Å². The molecule has 0 saturated carbocycles. The highest BCUT2D eigenvalue weighted by Crippen LogP contribution is 2.20. The average molecular weight is 323 g/mol. The van der Waals surface area contributed by atoms with Gasteiger partial charge in [-0.25, -0.2) is 0 Å². The minimum atomic E-state index is -0.443. The zero-order valence-electron chi connectivity index (χ0n) is 10.8. The van der Waals surface area contributed by atoms with Gasteiger partial charge < -0.3 is 10.3 Å². The van der Waals surface area contributed by atoms with Crippen molar-refractivity contribution in [2.24, 2.45) is 0 Å². The molecule has 8 heteroatoms. The summed E-state index contributed by atoms with van der Waals surface area (Å²) in [6.07, 6.45) is 0.280. The number of thiocarbonyl (C=S) groups is 1. The van der Waals surface area contributed by atoms with Crippen LogP contribution >= 0.6 is 23.8 Å². The molecule has 1 aromatic carbocycles. The number of H-pyrrole nitrogens is 1. The lowest BCUT2D eigenvalue weighted by molar-refractivity contribution is -0.129. The molecule has 1 aliphatic heterocycles. The predicted molar refractivity (Wildman–Crippen MR) is 82.8 cm³/mol. The summed E-state index contributed by atoms with van der Waals surface area (Å²) in [5, 5.41) is 5.50. The van der Waals surface area contributed by atoms with Crippen molar-refractivity contribution in [1.29, 1.82) is 0 Å². The molecule has 1 aliphatic rings. The Balaban J connectivity index is 1.83. The van der Waals surface area contributed by atoms with Gasteiger partial charge >= 0.3 is 0 Å². The summed E-state index contributed by atoms with van der Waals surface area (Å²) in [6, 6.07) is 6.94. The van der Waals surface area contributed by atoms with E-state index in [1.54, 1.807) is 24.3 Å². The predicted octanol–water partition coefficient (Wildman–Crippen LogP) is 1.57. The Hall–Kier alpha value is -2.12. The zero-order chi connectivity index (χ0) is 15.0. The Morgan fingerprint density at radius 3 is 2.95 bits per heavy atom. The maximum absolute atomic E-state index is 12.2. The van der Waals surface area contributed by atoms with Crippen LogP contribution in [0.5, 0.6) is 0 Å². The van der Waals surface area contributed by atoms with Gasteiger partial charge in [0.1, 0.15) is 5.69 Å². The van der Waals surface area contributed by atoms with Gasteiger partial charge in [0.25, 0.3) is 5.91 Å². The number of fused-ring (bicyclic) bond motifs is 1. The maximum atomic E-state index is 12.2. The van der Waals surface area contributed by atoms with Gasteiger partial charge in [-0.15, -0.1) is 0 Å². The van der Waals surface area contributed by atoms with E-state index in [9.17, 15) is 9.59 Å². The van der Waals surface area contributed by atoms with E-state index >= 15 is 0 Å². The maximum Gasteiger partial charge on any atom is 0.286 e. The van der Waals surface area contributed by atoms with Crippen molar-refractivity contribution < 1.29 is 9.59 Å². The van der Waals surface area contributed by atoms with E-state index in [0.717, 1.165) is 15.9 Å². The van der Waals surface area contributed by atoms with E-state index in [-0.39, 0.29) is 17.4 Å². The largest absolute Gasteiger partial charge is 0.360 e. The number of nitrogens with zero attached hydrogens (tertiary/aromatic N) is 1. The van der Waals surface area contributed by atoms with Crippen LogP contribution in [0.3, 0.4) is 0 Å². The monoisotopic (exact) mass is 322 g/mol. The number of carbonyl (C=O) groups excluding carboxylic acids is 2. The summed E-state index contributed by atoms with van der Waals surface area (Å²) in [4.78, 5) is 26.9. The van der Waals surface area contributed by atoms with Crippen LogP contribution in [-0.2, 0) is 4.79 Å². The number of nitrogens with one attached hydrogen (secondary N) is 3. The molecular formula is C13H11ClN4O2S. The normalized spacial score (nSPS) is 15.2. The number of rotatable bonds is 2. The third-order valence-electron chi connectivity index (χ3n) is 3.11. The Labute approximate surface area is 130 Å². The molecule has 0 radical (unpaired) electrons. The minimum absolute atomic E-state index is 0.193. The minimum Gasteiger partial charge on any atom is -0.360 e. The number of carbonyl (C=O) groups is 2. The first-order valence-electron chi connectivity index (χ1n) is 6.24. The molecule has 2 aromatic rings. The second-order valence-corrected chi connectivity index (χ2v) is 5.39. The summed E-state index contributed by atoms with van der Waals surface area (Å²) in [5.74, 6) is -0.687. The SMILES string of the molecule is O=C(NN1C(=O)CCNC1=S)c1cc2cc(Cl)ccc2[nH]1. The van der Waals surface area contributed by atoms with E-state index in [1.165, 1.54) is 0 Å². The van der Waals surface area contributed by atoms with Crippen molar-refractivity contribution in [3.63, 3.8) is 0 Å². The van der Waals surface area contributed by atoms with Crippen LogP contribution in [0.25, 0.3) is 10.9 Å². The second-order valence-electron chi connectivity index (χ2n) is 4.57. The third kappa shape index (κ3) is 2.70. The summed E-state index contributed by atoms with van der Waals surface area (Å²) in [6.45, 7) is 0.481. The first kappa shape index (κ1) is 13.8. The lowest BCUT2D eigenvalue weighted by Gasteiger charge is -2.27. The Kier molecular flexibility index (Phi) is 3.52. The number of amides is 2. The number of hydrogen-bond donors (Lipinski definition) is 3. The van der Waals surface area contributed by atoms with E-state index in [1.807, 2.05) is 0 Å². The molecule has 2 amide bonds. The lowest BCUT2D eigenvalue weighted by atomic mass is 10.2. The fourth-order valence-electron chi connectivity index (χ4n) is 2.08. The van der Waals surface area contributed by atoms with Crippen LogP contribution in [0.2, 0.25) is 5.02 Å². The Morgan fingerprint density at radius 2 is 2.19 bits per heavy atom. The first-order chi connectivity index (χ1) is 10.0. The highest BCUT2D eigenvalue weighted by molar-refractivity contribution is 7.80. The summed E-state index contributed by atoms with van der Waals surface area (Å²) < 4.78 is 0. The van der Waals surface area contributed by atoms with Crippen molar-refractivity contribution >= 4 is 51.6 Å². The fraction of sp³-hybridized carbons (Fsp3) is 0.154. The molecule has 1 aromatic heterocycles. The van der Waals surface area contributed by atoms with Crippen LogP contribution in [0.15, 0.2) is 24.3 Å². The summed E-state index contributed by atoms with van der Waals surface area (Å²) in [7, 11) is 0. The second kappa shape index (κ2) is 5.34. The fourth-order valence-corrected chi connectivity index (χ4v) is 2.51. The highest BCUT2D eigenvalue weighted by atomic mass is 35.5. The van der Waals surface area contributed by atoms with Gasteiger partial charge in [0.15, 0.2) is 5.11 Å². The van der Waals surface area contributed by atoms with Gasteiger partial charge in [0, 0.05) is 28.9 Å². The standard InChI is InChI=1S/C13H11ClN4O2S/c14-8-1-2-9-7(5-8)6-10(16-9)12(20)17-18-11(19)3-4-15-13(18)21/h1-2,5-6,16H,3-4H2,(H,15,21)(H,17,20). The zero-order valence-corrected chi connectivity index (χ0v) is 12.3. The van der Waals surface area contributed by atoms with Gasteiger partial charge in [0.05, 0.1) is 0 Å². The van der Waals surface area contributed by atoms with Gasteiger partial charge in [-0.3, -0.25) is 15.0 Å². The molecule has 0 unspecified atom stereocenters. The van der Waals surface area contributed by atoms with Crippen molar-refractivity contribution in [2.45, 2.75) is 6.42 Å². The van der Waals surface area contributed by atoms with Crippen molar-refractivity contribution in [2.75, 3.05) is 6.54 Å². The molecule has 21 heavy (non-hydrogen) atoms. The smallest absolute Gasteiger partial charge is 0.286 e. The average Bonchev–Trinajstić information content (AvgIpc) is 2.86. The van der Waals surface area contributed by atoms with Crippen molar-refractivity contribution in [3.05, 3.63) is 35.0 Å². The molecule has 1 saturated heterocycles. The number of benzene rings is 1. The van der Waals surface area contributed by atoms with Crippen molar-refractivity contribution in [1.82, 2.24) is 20.7 Å². The number of hydrazine groups is 1. The number of hydrogen-bond acceptors (Lipinski definition) is 3. The van der Waals surface area contributed by atoms with Gasteiger partial charge in [-0.05, 0) is 36.5 Å². The quantitative estimate of drug-likeness (QED) is 0.734. The van der Waals surface area contributed by atoms with E-state index in [4.69, 9.17) is 23.8 Å². The van der Waals surface area contributed by atoms with Crippen LogP contribution in [0.1, 0.15) is 16.9 Å². The van der Waals surface area contributed by atoms with Crippen LogP contribution < -0.4 is 10.7 Å². The Bertz CT molecular complexity index is 742. The molecule has 0 atom stereocenters. The van der Waals surface area contributed by atoms with E-state index in [2.05, 4.69) is 15.7 Å². The number of aromatic amines is 1. The number of aromatic nitrogens is 1. The molecule has 0 spiro atoms. The van der Waals surface area contributed by atoms with E-state index in [0.29, 0.717) is 17.3 Å². The molecule has 0 bridgehead atoms.